The van der Waals surface area contributed by atoms with E-state index >= 15 is 0 Å². The molecule has 0 spiro atoms. The van der Waals surface area contributed by atoms with Crippen molar-refractivity contribution in [1.82, 2.24) is 0 Å². The van der Waals surface area contributed by atoms with E-state index in [4.69, 9.17) is 0 Å². The first-order valence-corrected chi connectivity index (χ1v) is 15.1. The van der Waals surface area contributed by atoms with Crippen molar-refractivity contribution in [2.45, 2.75) is 64.5 Å². The van der Waals surface area contributed by atoms with Crippen LogP contribution < -0.4 is 21.3 Å². The third kappa shape index (κ3) is 11.4. The number of hydrogen-bond donors (Lipinski definition) is 4. The Morgan fingerprint density at radius 2 is 0.600 bits per heavy atom. The van der Waals surface area contributed by atoms with E-state index in [0.29, 0.717) is 0 Å². The highest BCUT2D eigenvalue weighted by atomic mass is 14.9. The van der Waals surface area contributed by atoms with Gasteiger partial charge in [0.05, 0.1) is 0 Å². The van der Waals surface area contributed by atoms with Crippen LogP contribution in [0.25, 0.3) is 0 Å². The van der Waals surface area contributed by atoms with Gasteiger partial charge in [-0.25, -0.2) is 0 Å². The Morgan fingerprint density at radius 3 is 0.950 bits per heavy atom. The van der Waals surface area contributed by atoms with Gasteiger partial charge in [-0.05, 0) is 72.5 Å². The lowest BCUT2D eigenvalue weighted by Gasteiger charge is -2.10. The zero-order valence-corrected chi connectivity index (χ0v) is 23.9. The second-order valence-corrected chi connectivity index (χ2v) is 10.5. The molecule has 0 aromatic heterocycles. The molecule has 0 radical (unpaired) electrons. The van der Waals surface area contributed by atoms with Gasteiger partial charge in [-0.15, -0.1) is 0 Å². The van der Waals surface area contributed by atoms with E-state index in [2.05, 4.69) is 130 Å². The fraction of sp³-hybridized carbons (Fsp3) is 0.333. The van der Waals surface area contributed by atoms with Crippen molar-refractivity contribution in [3.63, 3.8) is 0 Å². The second-order valence-electron chi connectivity index (χ2n) is 10.5. The molecule has 4 rings (SSSR count). The Balaban J connectivity index is 0.938. The largest absolute Gasteiger partial charge is 0.385 e. The lowest BCUT2D eigenvalue weighted by atomic mass is 10.1. The van der Waals surface area contributed by atoms with Gasteiger partial charge in [-0.3, -0.25) is 0 Å². The fourth-order valence-electron chi connectivity index (χ4n) is 4.79. The number of nitrogens with one attached hydrogen (secondary N) is 4. The van der Waals surface area contributed by atoms with Gasteiger partial charge >= 0.3 is 0 Å². The van der Waals surface area contributed by atoms with E-state index in [-0.39, 0.29) is 0 Å². The number of hydrogen-bond acceptors (Lipinski definition) is 4. The highest BCUT2D eigenvalue weighted by Crippen LogP contribution is 2.17. The predicted octanol–water partition coefficient (Wildman–Crippen LogP) is 9.56. The molecule has 0 saturated carbocycles. The highest BCUT2D eigenvalue weighted by molar-refractivity contribution is 5.54. The molecule has 0 amide bonds. The average molecular weight is 535 g/mol. The zero-order valence-electron chi connectivity index (χ0n) is 23.9. The first kappa shape index (κ1) is 29.1. The molecule has 4 heteroatoms. The van der Waals surface area contributed by atoms with Gasteiger partial charge in [0.25, 0.3) is 0 Å². The van der Waals surface area contributed by atoms with Crippen molar-refractivity contribution >= 4 is 22.7 Å². The van der Waals surface area contributed by atoms with Gasteiger partial charge in [0, 0.05) is 48.9 Å². The smallest absolute Gasteiger partial charge is 0.0400 e. The molecule has 0 unspecified atom stereocenters. The number of benzene rings is 4. The quantitative estimate of drug-likeness (QED) is 0.0905. The number of rotatable bonds is 19. The number of anilines is 4. The Labute approximate surface area is 241 Å². The van der Waals surface area contributed by atoms with Gasteiger partial charge in [0.1, 0.15) is 0 Å². The van der Waals surface area contributed by atoms with E-state index in [1.165, 1.54) is 73.9 Å². The summed E-state index contributed by atoms with van der Waals surface area (Å²) in [6.07, 6.45) is 10.5. The monoisotopic (exact) mass is 534 g/mol. The summed E-state index contributed by atoms with van der Waals surface area (Å²) in [5.74, 6) is 0. The molecule has 0 aliphatic heterocycles. The van der Waals surface area contributed by atoms with Crippen LogP contribution in [0.15, 0.2) is 109 Å². The van der Waals surface area contributed by atoms with Crippen molar-refractivity contribution in [2.75, 3.05) is 34.4 Å². The summed E-state index contributed by atoms with van der Waals surface area (Å²) in [5.41, 5.74) is 7.32. The van der Waals surface area contributed by atoms with Crippen molar-refractivity contribution < 1.29 is 0 Å². The van der Waals surface area contributed by atoms with E-state index < -0.39 is 0 Å². The van der Waals surface area contributed by atoms with Crippen LogP contribution in [-0.4, -0.2) is 13.1 Å². The molecule has 0 fully saturated rings. The Kier molecular flexibility index (Phi) is 12.8. The van der Waals surface area contributed by atoms with Gasteiger partial charge in [-0.2, -0.15) is 0 Å². The third-order valence-electron chi connectivity index (χ3n) is 7.21. The molecule has 0 saturated heterocycles. The van der Waals surface area contributed by atoms with E-state index in [0.717, 1.165) is 37.6 Å². The standard InChI is InChI=1S/C36H46N4/c1(3-5-13-27-37-33-19-23-35(24-20-33)39-29-31-15-9-7-10-16-31)2-4-6-14-28-38-34-21-25-36(26-22-34)40-30-32-17-11-8-12-18-32/h7-12,15-26,37-40H,1-6,13-14,27-30H2. The first-order chi connectivity index (χ1) is 19.8. The molecule has 0 bridgehead atoms. The second kappa shape index (κ2) is 17.6. The average Bonchev–Trinajstić information content (AvgIpc) is 3.02. The van der Waals surface area contributed by atoms with Gasteiger partial charge in [0.15, 0.2) is 0 Å². The minimum atomic E-state index is 0.854. The van der Waals surface area contributed by atoms with Crippen LogP contribution >= 0.6 is 0 Å². The molecule has 0 aliphatic rings. The van der Waals surface area contributed by atoms with E-state index in [1.54, 1.807) is 0 Å². The summed E-state index contributed by atoms with van der Waals surface area (Å²) in [4.78, 5) is 0. The maximum Gasteiger partial charge on any atom is 0.0400 e. The molecular weight excluding hydrogens is 488 g/mol. The van der Waals surface area contributed by atoms with Crippen LogP contribution in [0.5, 0.6) is 0 Å². The Morgan fingerprint density at radius 1 is 0.300 bits per heavy atom. The Bertz CT molecular complexity index is 1080. The summed E-state index contributed by atoms with van der Waals surface area (Å²) < 4.78 is 0. The molecular formula is C36H46N4. The van der Waals surface area contributed by atoms with Gasteiger partial charge < -0.3 is 21.3 Å². The lowest BCUT2D eigenvalue weighted by molar-refractivity contribution is 0.577. The number of unbranched alkanes of at least 4 members (excludes halogenated alkanes) is 7. The summed E-state index contributed by atoms with van der Waals surface area (Å²) in [5, 5.41) is 14.1. The molecule has 0 atom stereocenters. The van der Waals surface area contributed by atoms with Crippen LogP contribution in [0.3, 0.4) is 0 Å². The van der Waals surface area contributed by atoms with Crippen LogP contribution in [0.4, 0.5) is 22.7 Å². The van der Waals surface area contributed by atoms with Gasteiger partial charge in [-0.1, -0.05) is 99.2 Å². The molecule has 4 N–H and O–H groups in total. The molecule has 4 aromatic carbocycles. The highest BCUT2D eigenvalue weighted by Gasteiger charge is 1.98. The van der Waals surface area contributed by atoms with Crippen molar-refractivity contribution in [3.8, 4) is 0 Å². The predicted molar refractivity (Wildman–Crippen MR) is 174 cm³/mol. The Hall–Kier alpha value is -3.92. The fourth-order valence-corrected chi connectivity index (χ4v) is 4.79. The van der Waals surface area contributed by atoms with E-state index in [9.17, 15) is 0 Å². The molecule has 0 aliphatic carbocycles. The molecule has 210 valence electrons. The lowest BCUT2D eigenvalue weighted by Crippen LogP contribution is -2.02. The summed E-state index contributed by atoms with van der Waals surface area (Å²) in [7, 11) is 0. The van der Waals surface area contributed by atoms with Crippen LogP contribution in [0, 0.1) is 0 Å². The summed E-state index contributed by atoms with van der Waals surface area (Å²) in [6.45, 7) is 3.81. The molecule has 40 heavy (non-hydrogen) atoms. The molecule has 4 aromatic rings. The molecule has 0 heterocycles. The summed E-state index contributed by atoms with van der Waals surface area (Å²) >= 11 is 0. The maximum absolute atomic E-state index is 3.56. The van der Waals surface area contributed by atoms with Crippen LogP contribution in [0.2, 0.25) is 0 Å². The van der Waals surface area contributed by atoms with Crippen molar-refractivity contribution in [2.24, 2.45) is 0 Å². The van der Waals surface area contributed by atoms with Crippen molar-refractivity contribution in [1.29, 1.82) is 0 Å². The van der Waals surface area contributed by atoms with Gasteiger partial charge in [0.2, 0.25) is 0 Å². The normalized spacial score (nSPS) is 10.7. The molecule has 4 nitrogen and oxygen atoms in total. The zero-order chi connectivity index (χ0) is 27.5. The van der Waals surface area contributed by atoms with E-state index in [1.807, 2.05) is 0 Å². The minimum Gasteiger partial charge on any atom is -0.385 e. The third-order valence-corrected chi connectivity index (χ3v) is 7.21. The SMILES string of the molecule is c1ccc(CNc2ccc(NCCCCCCCCCCNc3ccc(NCc4ccccc4)cc3)cc2)cc1. The van der Waals surface area contributed by atoms with Crippen molar-refractivity contribution in [3.05, 3.63) is 120 Å². The maximum atomic E-state index is 3.56. The minimum absolute atomic E-state index is 0.854. The first-order valence-electron chi connectivity index (χ1n) is 15.1. The topological polar surface area (TPSA) is 48.1 Å². The van der Waals surface area contributed by atoms with Crippen LogP contribution in [-0.2, 0) is 13.1 Å². The van der Waals surface area contributed by atoms with Crippen LogP contribution in [0.1, 0.15) is 62.5 Å². The summed E-state index contributed by atoms with van der Waals surface area (Å²) in [6, 6.07) is 38.3.